The number of benzene rings is 2. The van der Waals surface area contributed by atoms with E-state index in [2.05, 4.69) is 21.2 Å². The van der Waals surface area contributed by atoms with Crippen LogP contribution in [0.5, 0.6) is 5.75 Å². The van der Waals surface area contributed by atoms with Crippen LogP contribution in [0.25, 0.3) is 10.9 Å². The van der Waals surface area contributed by atoms with Crippen molar-refractivity contribution in [3.63, 3.8) is 0 Å². The predicted octanol–water partition coefficient (Wildman–Crippen LogP) is 4.19. The summed E-state index contributed by atoms with van der Waals surface area (Å²) in [5, 5.41) is 12.4. The molecule has 0 saturated carbocycles. The summed E-state index contributed by atoms with van der Waals surface area (Å²) >= 11 is 9.67. The number of carboxylic acids is 1. The highest BCUT2D eigenvalue weighted by Crippen LogP contribution is 2.35. The van der Waals surface area contributed by atoms with Gasteiger partial charge in [0.05, 0.1) is 24.1 Å². The van der Waals surface area contributed by atoms with Crippen LogP contribution in [-0.2, 0) is 16.0 Å². The zero-order chi connectivity index (χ0) is 22.9. The van der Waals surface area contributed by atoms with E-state index in [1.54, 1.807) is 43.3 Å². The third-order valence-electron chi connectivity index (χ3n) is 4.99. The Balaban J connectivity index is 2.14. The van der Waals surface area contributed by atoms with E-state index in [0.717, 1.165) is 4.47 Å². The second-order valence-corrected chi connectivity index (χ2v) is 8.34. The summed E-state index contributed by atoms with van der Waals surface area (Å²) in [5.74, 6) is -1.47. The molecule has 2 aromatic carbocycles. The fraction of sp³-hybridized carbons (Fsp3) is 0.227. The third-order valence-corrected chi connectivity index (χ3v) is 5.81. The van der Waals surface area contributed by atoms with Crippen LogP contribution in [0.1, 0.15) is 28.5 Å². The van der Waals surface area contributed by atoms with Crippen LogP contribution in [0, 0.1) is 6.92 Å². The summed E-state index contributed by atoms with van der Waals surface area (Å²) in [5.41, 5.74) is 2.15. The van der Waals surface area contributed by atoms with E-state index in [1.165, 1.54) is 18.6 Å². The van der Waals surface area contributed by atoms with Crippen molar-refractivity contribution in [1.82, 2.24) is 9.88 Å². The number of fused-ring (bicyclic) bond motifs is 1. The Morgan fingerprint density at radius 1 is 1.23 bits per heavy atom. The highest BCUT2D eigenvalue weighted by Gasteiger charge is 2.24. The molecule has 7 nitrogen and oxygen atoms in total. The van der Waals surface area contributed by atoms with Crippen LogP contribution in [0.4, 0.5) is 0 Å². The Kier molecular flexibility index (Phi) is 6.71. The second-order valence-electron chi connectivity index (χ2n) is 7.02. The maximum atomic E-state index is 13.3. The Bertz CT molecular complexity index is 1190. The first-order chi connectivity index (χ1) is 14.6. The maximum Gasteiger partial charge on any atom is 0.325 e. The molecule has 0 saturated heterocycles. The summed E-state index contributed by atoms with van der Waals surface area (Å²) < 4.78 is 7.66. The van der Waals surface area contributed by atoms with Crippen LogP contribution in [-0.4, -0.2) is 40.6 Å². The standard InChI is InChI=1S/C22H20BrClN2O5/c1-11(22(29)30)25-20(27)9-15-12(2)26(21(28)13-4-6-14(23)7-5-13)18-10-17(24)19(31-3)8-16(15)18/h4-8,10-11H,9H2,1-3H3,(H,25,27)(H,29,30). The fourth-order valence-corrected chi connectivity index (χ4v) is 3.86. The van der Waals surface area contributed by atoms with E-state index in [4.69, 9.17) is 21.4 Å². The zero-order valence-electron chi connectivity index (χ0n) is 17.0. The van der Waals surface area contributed by atoms with Gasteiger partial charge in [0, 0.05) is 21.1 Å². The quantitative estimate of drug-likeness (QED) is 0.521. The molecular weight excluding hydrogens is 488 g/mol. The smallest absolute Gasteiger partial charge is 0.325 e. The maximum absolute atomic E-state index is 13.3. The molecule has 0 fully saturated rings. The largest absolute Gasteiger partial charge is 0.495 e. The van der Waals surface area contributed by atoms with Crippen molar-refractivity contribution >= 4 is 56.2 Å². The van der Waals surface area contributed by atoms with E-state index in [1.807, 2.05) is 0 Å². The molecule has 31 heavy (non-hydrogen) atoms. The number of amides is 1. The summed E-state index contributed by atoms with van der Waals surface area (Å²) in [4.78, 5) is 36.9. The number of aliphatic carboxylic acids is 1. The van der Waals surface area contributed by atoms with Gasteiger partial charge in [0.25, 0.3) is 5.91 Å². The monoisotopic (exact) mass is 506 g/mol. The molecular formula is C22H20BrClN2O5. The van der Waals surface area contributed by atoms with Crippen molar-refractivity contribution in [3.8, 4) is 5.75 Å². The lowest BCUT2D eigenvalue weighted by Crippen LogP contribution is -2.39. The van der Waals surface area contributed by atoms with E-state index >= 15 is 0 Å². The van der Waals surface area contributed by atoms with Crippen LogP contribution < -0.4 is 10.1 Å². The second kappa shape index (κ2) is 9.11. The highest BCUT2D eigenvalue weighted by molar-refractivity contribution is 9.10. The molecule has 9 heteroatoms. The number of carbonyl (C=O) groups is 3. The number of nitrogens with one attached hydrogen (secondary N) is 1. The van der Waals surface area contributed by atoms with Gasteiger partial charge in [-0.15, -0.1) is 0 Å². The van der Waals surface area contributed by atoms with Crippen molar-refractivity contribution in [2.75, 3.05) is 7.11 Å². The van der Waals surface area contributed by atoms with Gasteiger partial charge in [0.2, 0.25) is 5.91 Å². The number of ether oxygens (including phenoxy) is 1. The summed E-state index contributed by atoms with van der Waals surface area (Å²) in [6.45, 7) is 3.12. The normalized spacial score (nSPS) is 11.9. The topological polar surface area (TPSA) is 97.6 Å². The Hall–Kier alpha value is -2.84. The van der Waals surface area contributed by atoms with E-state index in [9.17, 15) is 14.4 Å². The van der Waals surface area contributed by atoms with Gasteiger partial charge >= 0.3 is 5.97 Å². The first-order valence-corrected chi connectivity index (χ1v) is 10.5. The lowest BCUT2D eigenvalue weighted by Gasteiger charge is -2.10. The first kappa shape index (κ1) is 22.8. The number of carbonyl (C=O) groups excluding carboxylic acids is 2. The number of hydrogen-bond donors (Lipinski definition) is 2. The van der Waals surface area contributed by atoms with Crippen molar-refractivity contribution < 1.29 is 24.2 Å². The average Bonchev–Trinajstić information content (AvgIpc) is 2.97. The third kappa shape index (κ3) is 4.60. The molecule has 162 valence electrons. The van der Waals surface area contributed by atoms with Crippen LogP contribution in [0.2, 0.25) is 5.02 Å². The Morgan fingerprint density at radius 2 is 1.87 bits per heavy atom. The summed E-state index contributed by atoms with van der Waals surface area (Å²) in [7, 11) is 1.48. The highest BCUT2D eigenvalue weighted by atomic mass is 79.9. The molecule has 0 spiro atoms. The number of rotatable bonds is 6. The average molecular weight is 508 g/mol. The number of methoxy groups -OCH3 is 1. The van der Waals surface area contributed by atoms with Gasteiger partial charge in [-0.3, -0.25) is 19.0 Å². The lowest BCUT2D eigenvalue weighted by molar-refractivity contribution is -0.141. The molecule has 1 aromatic heterocycles. The van der Waals surface area contributed by atoms with Crippen LogP contribution in [0.3, 0.4) is 0 Å². The molecule has 1 unspecified atom stereocenters. The predicted molar refractivity (Wildman–Crippen MR) is 121 cm³/mol. The van der Waals surface area contributed by atoms with Gasteiger partial charge < -0.3 is 15.2 Å². The number of aromatic nitrogens is 1. The summed E-state index contributed by atoms with van der Waals surface area (Å²) in [6.07, 6.45) is -0.106. The lowest BCUT2D eigenvalue weighted by atomic mass is 10.1. The zero-order valence-corrected chi connectivity index (χ0v) is 19.4. The molecule has 3 rings (SSSR count). The molecule has 0 aliphatic heterocycles. The van der Waals surface area contributed by atoms with Crippen molar-refractivity contribution in [2.45, 2.75) is 26.3 Å². The van der Waals surface area contributed by atoms with Crippen molar-refractivity contribution in [2.24, 2.45) is 0 Å². The molecule has 0 aliphatic rings. The number of hydrogen-bond acceptors (Lipinski definition) is 4. The van der Waals surface area contributed by atoms with E-state index in [-0.39, 0.29) is 12.3 Å². The van der Waals surface area contributed by atoms with E-state index < -0.39 is 17.9 Å². The minimum atomic E-state index is -1.13. The minimum absolute atomic E-state index is 0.106. The van der Waals surface area contributed by atoms with Gasteiger partial charge in [0.1, 0.15) is 11.8 Å². The van der Waals surface area contributed by atoms with Crippen molar-refractivity contribution in [1.29, 1.82) is 0 Å². The molecule has 1 heterocycles. The van der Waals surface area contributed by atoms with Crippen molar-refractivity contribution in [3.05, 3.63) is 62.7 Å². The number of carboxylic acid groups (broad SMARTS) is 1. The number of nitrogens with zero attached hydrogens (tertiary/aromatic N) is 1. The molecule has 1 amide bonds. The molecule has 0 bridgehead atoms. The van der Waals surface area contributed by atoms with Gasteiger partial charge in [-0.1, -0.05) is 27.5 Å². The SMILES string of the molecule is COc1cc2c(CC(=O)NC(C)C(=O)O)c(C)n(C(=O)c3ccc(Br)cc3)c2cc1Cl. The molecule has 3 aromatic rings. The molecule has 2 N–H and O–H groups in total. The Labute approximate surface area is 192 Å². The molecule has 0 radical (unpaired) electrons. The van der Waals surface area contributed by atoms with E-state index in [0.29, 0.717) is 38.5 Å². The van der Waals surface area contributed by atoms with Gasteiger partial charge in [-0.25, -0.2) is 0 Å². The Morgan fingerprint density at radius 3 is 2.45 bits per heavy atom. The van der Waals surface area contributed by atoms with Gasteiger partial charge in [-0.05, 0) is 55.8 Å². The summed E-state index contributed by atoms with van der Waals surface area (Å²) in [6, 6.07) is 9.21. The van der Waals surface area contributed by atoms with Gasteiger partial charge in [0.15, 0.2) is 0 Å². The first-order valence-electron chi connectivity index (χ1n) is 9.34. The molecule has 0 aliphatic carbocycles. The van der Waals surface area contributed by atoms with Crippen LogP contribution in [0.15, 0.2) is 40.9 Å². The number of halogens is 2. The molecule has 1 atom stereocenters. The fourth-order valence-electron chi connectivity index (χ4n) is 3.36. The van der Waals surface area contributed by atoms with Gasteiger partial charge in [-0.2, -0.15) is 0 Å². The van der Waals surface area contributed by atoms with Crippen LogP contribution >= 0.6 is 27.5 Å². The minimum Gasteiger partial charge on any atom is -0.495 e.